The summed E-state index contributed by atoms with van der Waals surface area (Å²) >= 11 is 0. The number of carbonyl (C=O) groups is 2. The minimum Gasteiger partial charge on any atom is -0.455 e. The number of alkyl halides is 3. The highest BCUT2D eigenvalue weighted by Gasteiger charge is 2.27. The molecule has 25 heavy (non-hydrogen) atoms. The summed E-state index contributed by atoms with van der Waals surface area (Å²) in [4.78, 5) is 22.8. The molecule has 0 radical (unpaired) electrons. The van der Waals surface area contributed by atoms with Gasteiger partial charge in [-0.3, -0.25) is 9.59 Å². The molecular weight excluding hydrogens is 335 g/mol. The van der Waals surface area contributed by atoms with Gasteiger partial charge in [-0.2, -0.15) is 13.2 Å². The van der Waals surface area contributed by atoms with Gasteiger partial charge in [0, 0.05) is 0 Å². The number of hydrogen-bond acceptors (Lipinski definition) is 3. The van der Waals surface area contributed by atoms with E-state index in [1.54, 1.807) is 17.4 Å². The lowest BCUT2D eigenvalue weighted by Crippen LogP contribution is -2.36. The summed E-state index contributed by atoms with van der Waals surface area (Å²) in [5, 5.41) is 1.63. The Morgan fingerprint density at radius 2 is 1.52 bits per heavy atom. The lowest BCUT2D eigenvalue weighted by atomic mass is 10.0. The summed E-state index contributed by atoms with van der Waals surface area (Å²) in [7, 11) is 0. The normalized spacial score (nSPS) is 11.0. The highest BCUT2D eigenvalue weighted by atomic mass is 19.4. The van der Waals surface area contributed by atoms with Gasteiger partial charge in [-0.25, -0.2) is 0 Å². The molecule has 4 nitrogen and oxygen atoms in total. The molecule has 2 aromatic carbocycles. The van der Waals surface area contributed by atoms with E-state index in [9.17, 15) is 22.8 Å². The number of benzene rings is 2. The van der Waals surface area contributed by atoms with Crippen molar-refractivity contribution in [3.05, 3.63) is 60.2 Å². The summed E-state index contributed by atoms with van der Waals surface area (Å²) in [6.45, 7) is -2.19. The molecule has 2 aromatic rings. The third kappa shape index (κ3) is 6.66. The highest BCUT2D eigenvalue weighted by Crippen LogP contribution is 2.19. The number of esters is 1. The summed E-state index contributed by atoms with van der Waals surface area (Å²) in [5.74, 6) is -1.68. The zero-order valence-corrected chi connectivity index (χ0v) is 13.2. The van der Waals surface area contributed by atoms with Crippen LogP contribution in [0.4, 0.5) is 13.2 Å². The van der Waals surface area contributed by atoms with Crippen molar-refractivity contribution < 1.29 is 27.5 Å². The lowest BCUT2D eigenvalue weighted by molar-refractivity contribution is -0.150. The number of rotatable bonds is 6. The molecule has 2 rings (SSSR count). The van der Waals surface area contributed by atoms with Crippen LogP contribution in [-0.2, 0) is 20.7 Å². The van der Waals surface area contributed by atoms with E-state index < -0.39 is 31.2 Å². The number of amides is 1. The van der Waals surface area contributed by atoms with E-state index in [1.807, 2.05) is 42.5 Å². The van der Waals surface area contributed by atoms with Crippen LogP contribution in [0, 0.1) is 0 Å². The monoisotopic (exact) mass is 351 g/mol. The second kappa shape index (κ2) is 8.32. The van der Waals surface area contributed by atoms with Gasteiger partial charge in [-0.1, -0.05) is 54.6 Å². The van der Waals surface area contributed by atoms with Gasteiger partial charge in [-0.05, 0) is 16.7 Å². The third-order valence-corrected chi connectivity index (χ3v) is 3.26. The second-order valence-corrected chi connectivity index (χ2v) is 5.29. The van der Waals surface area contributed by atoms with E-state index in [-0.39, 0.29) is 6.42 Å². The van der Waals surface area contributed by atoms with E-state index in [0.717, 1.165) is 11.1 Å². The molecule has 0 aliphatic heterocycles. The van der Waals surface area contributed by atoms with Crippen LogP contribution >= 0.6 is 0 Å². The lowest BCUT2D eigenvalue weighted by Gasteiger charge is -2.09. The van der Waals surface area contributed by atoms with E-state index in [4.69, 9.17) is 0 Å². The fraction of sp³-hybridized carbons (Fsp3) is 0.222. The van der Waals surface area contributed by atoms with Gasteiger partial charge in [0.1, 0.15) is 6.54 Å². The zero-order chi connectivity index (χ0) is 18.3. The van der Waals surface area contributed by atoms with Gasteiger partial charge >= 0.3 is 12.1 Å². The molecular formula is C18H16F3NO3. The van der Waals surface area contributed by atoms with E-state index in [1.165, 1.54) is 0 Å². The zero-order valence-electron chi connectivity index (χ0n) is 13.2. The van der Waals surface area contributed by atoms with E-state index in [2.05, 4.69) is 4.74 Å². The SMILES string of the molecule is O=C(COC(=O)Cc1ccc(-c2ccccc2)cc1)NCC(F)(F)F. The Kier molecular flexibility index (Phi) is 6.16. The second-order valence-electron chi connectivity index (χ2n) is 5.29. The Labute approximate surface area is 142 Å². The van der Waals surface area contributed by atoms with Crippen molar-refractivity contribution in [2.75, 3.05) is 13.2 Å². The van der Waals surface area contributed by atoms with Gasteiger partial charge in [0.2, 0.25) is 0 Å². The van der Waals surface area contributed by atoms with E-state index in [0.29, 0.717) is 5.56 Å². The Morgan fingerprint density at radius 1 is 0.920 bits per heavy atom. The fourth-order valence-electron chi connectivity index (χ4n) is 2.06. The molecule has 0 aliphatic rings. The predicted octanol–water partition coefficient (Wildman–Crippen LogP) is 3.12. The minimum atomic E-state index is -4.50. The average Bonchev–Trinajstić information content (AvgIpc) is 2.59. The first-order valence-corrected chi connectivity index (χ1v) is 7.47. The largest absolute Gasteiger partial charge is 0.455 e. The van der Waals surface area contributed by atoms with Crippen LogP contribution in [0.5, 0.6) is 0 Å². The average molecular weight is 351 g/mol. The van der Waals surface area contributed by atoms with Crippen molar-refractivity contribution in [1.82, 2.24) is 5.32 Å². The molecule has 0 saturated carbocycles. The number of carbonyl (C=O) groups excluding carboxylic acids is 2. The molecule has 132 valence electrons. The van der Waals surface area contributed by atoms with Gasteiger partial charge in [0.05, 0.1) is 6.42 Å². The minimum absolute atomic E-state index is 0.0678. The number of nitrogens with one attached hydrogen (secondary N) is 1. The van der Waals surface area contributed by atoms with Crippen LogP contribution < -0.4 is 5.32 Å². The number of ether oxygens (including phenoxy) is 1. The first-order chi connectivity index (χ1) is 11.8. The van der Waals surface area contributed by atoms with Crippen molar-refractivity contribution in [2.45, 2.75) is 12.6 Å². The quantitative estimate of drug-likeness (QED) is 0.814. The molecule has 1 N–H and O–H groups in total. The van der Waals surface area contributed by atoms with E-state index >= 15 is 0 Å². The van der Waals surface area contributed by atoms with Crippen LogP contribution in [0.15, 0.2) is 54.6 Å². The van der Waals surface area contributed by atoms with Gasteiger partial charge < -0.3 is 10.1 Å². The summed E-state index contributed by atoms with van der Waals surface area (Å²) < 4.78 is 40.5. The van der Waals surface area contributed by atoms with Crippen molar-refractivity contribution in [2.24, 2.45) is 0 Å². The van der Waals surface area contributed by atoms with Gasteiger partial charge in [0.15, 0.2) is 6.61 Å². The molecule has 0 aliphatic carbocycles. The molecule has 0 spiro atoms. The molecule has 7 heteroatoms. The Hall–Kier alpha value is -2.83. The Balaban J connectivity index is 1.80. The molecule has 0 unspecified atom stereocenters. The fourth-order valence-corrected chi connectivity index (χ4v) is 2.06. The third-order valence-electron chi connectivity index (χ3n) is 3.26. The topological polar surface area (TPSA) is 55.4 Å². The van der Waals surface area contributed by atoms with Crippen LogP contribution in [0.1, 0.15) is 5.56 Å². The molecule has 0 atom stereocenters. The van der Waals surface area contributed by atoms with Crippen molar-refractivity contribution in [3.63, 3.8) is 0 Å². The smallest absolute Gasteiger partial charge is 0.405 e. The van der Waals surface area contributed by atoms with Crippen molar-refractivity contribution in [1.29, 1.82) is 0 Å². The Morgan fingerprint density at radius 3 is 2.12 bits per heavy atom. The summed E-state index contributed by atoms with van der Waals surface area (Å²) in [6, 6.07) is 16.9. The molecule has 0 heterocycles. The molecule has 0 bridgehead atoms. The highest BCUT2D eigenvalue weighted by molar-refractivity contribution is 5.81. The predicted molar refractivity (Wildman–Crippen MR) is 85.6 cm³/mol. The maximum absolute atomic E-state index is 11.9. The molecule has 0 aromatic heterocycles. The summed E-state index contributed by atoms with van der Waals surface area (Å²) in [5.41, 5.74) is 2.71. The van der Waals surface area contributed by atoms with Gasteiger partial charge in [-0.15, -0.1) is 0 Å². The van der Waals surface area contributed by atoms with Crippen LogP contribution in [0.2, 0.25) is 0 Å². The van der Waals surface area contributed by atoms with Crippen LogP contribution in [0.25, 0.3) is 11.1 Å². The number of hydrogen-bond donors (Lipinski definition) is 1. The molecule has 1 amide bonds. The summed E-state index contributed by atoms with van der Waals surface area (Å²) in [6.07, 6.45) is -4.57. The molecule has 0 fully saturated rings. The molecule has 0 saturated heterocycles. The van der Waals surface area contributed by atoms with Crippen molar-refractivity contribution >= 4 is 11.9 Å². The standard InChI is InChI=1S/C18H16F3NO3/c19-18(20,21)12-22-16(23)11-25-17(24)10-13-6-8-15(9-7-13)14-4-2-1-3-5-14/h1-9H,10-12H2,(H,22,23). The number of halogens is 3. The van der Waals surface area contributed by atoms with Crippen LogP contribution in [0.3, 0.4) is 0 Å². The maximum atomic E-state index is 11.9. The Bertz CT molecular complexity index is 713. The maximum Gasteiger partial charge on any atom is 0.405 e. The first-order valence-electron chi connectivity index (χ1n) is 7.47. The first kappa shape index (κ1) is 18.5. The van der Waals surface area contributed by atoms with Crippen LogP contribution in [-0.4, -0.2) is 31.2 Å². The van der Waals surface area contributed by atoms with Gasteiger partial charge in [0.25, 0.3) is 5.91 Å². The van der Waals surface area contributed by atoms with Crippen molar-refractivity contribution in [3.8, 4) is 11.1 Å².